The highest BCUT2D eigenvalue weighted by atomic mass is 79.9. The second kappa shape index (κ2) is 7.62. The van der Waals surface area contributed by atoms with E-state index in [0.29, 0.717) is 4.59 Å². The third-order valence-electron chi connectivity index (χ3n) is 5.06. The van der Waals surface area contributed by atoms with Crippen LogP contribution in [0.4, 0.5) is 28.4 Å². The molecule has 134 valence electrons. The lowest BCUT2D eigenvalue weighted by atomic mass is 10.1. The smallest absolute Gasteiger partial charge is 0.186 e. The van der Waals surface area contributed by atoms with E-state index in [9.17, 15) is 0 Å². The van der Waals surface area contributed by atoms with Gasteiger partial charge in [0.2, 0.25) is 0 Å². The average molecular weight is 410 g/mol. The molecule has 0 amide bonds. The molecule has 1 heterocycles. The lowest BCUT2D eigenvalue weighted by Gasteiger charge is -2.47. The maximum Gasteiger partial charge on any atom is 0.186 e. The summed E-state index contributed by atoms with van der Waals surface area (Å²) in [5.74, 6) is 0. The molecule has 0 atom stereocenters. The molecule has 0 radical (unpaired) electrons. The topological polar surface area (TPSA) is 15.3 Å². The second-order valence-corrected chi connectivity index (χ2v) is 6.27. The SMILES string of the molecule is CCN(CC)[N+]1(c2ccccc2)c2ccccc2Nc2ccccc21.[Br-]. The zero-order chi connectivity index (χ0) is 17.3. The van der Waals surface area contributed by atoms with E-state index in [4.69, 9.17) is 0 Å². The van der Waals surface area contributed by atoms with E-state index in [0.717, 1.165) is 24.5 Å². The fraction of sp³-hybridized carbons (Fsp3) is 0.182. The first-order chi connectivity index (χ1) is 12.3. The Labute approximate surface area is 166 Å². The molecule has 0 saturated carbocycles. The molecule has 1 aliphatic rings. The van der Waals surface area contributed by atoms with E-state index in [1.807, 2.05) is 0 Å². The molecule has 0 fully saturated rings. The zero-order valence-electron chi connectivity index (χ0n) is 15.2. The molecule has 0 spiro atoms. The standard InChI is InChI=1S/C22H24N3.BrH/c1-3-24(4-2)25(18-12-6-5-7-13-18)21-16-10-8-14-19(21)23-20-15-9-11-17-22(20)25;/h5-17,23H,3-4H2,1-2H3;1H/q+1;/p-1. The Morgan fingerprint density at radius 3 is 1.65 bits per heavy atom. The Morgan fingerprint density at radius 2 is 1.15 bits per heavy atom. The Hall–Kier alpha value is -2.14. The summed E-state index contributed by atoms with van der Waals surface area (Å²) in [4.78, 5) is 0. The normalized spacial score (nSPS) is 14.0. The molecule has 0 aliphatic carbocycles. The number of nitrogens with one attached hydrogen (secondary N) is 1. The van der Waals surface area contributed by atoms with Crippen LogP contribution in [0, 0.1) is 0 Å². The predicted molar refractivity (Wildman–Crippen MR) is 107 cm³/mol. The molecule has 3 aromatic carbocycles. The summed E-state index contributed by atoms with van der Waals surface area (Å²) in [5.41, 5.74) is 6.11. The molecule has 0 unspecified atom stereocenters. The molecule has 0 bridgehead atoms. The highest BCUT2D eigenvalue weighted by molar-refractivity contribution is 5.92. The van der Waals surface area contributed by atoms with Gasteiger partial charge in [0.15, 0.2) is 17.1 Å². The second-order valence-electron chi connectivity index (χ2n) is 6.27. The molecule has 3 aromatic rings. The van der Waals surface area contributed by atoms with Crippen LogP contribution in [0.5, 0.6) is 0 Å². The number of anilines is 2. The molecule has 4 heteroatoms. The number of nitrogens with zero attached hydrogens (tertiary/aromatic N) is 2. The van der Waals surface area contributed by atoms with Gasteiger partial charge in [-0.2, -0.15) is 0 Å². The molecular formula is C22H24BrN3. The van der Waals surface area contributed by atoms with Gasteiger partial charge in [-0.15, -0.1) is 9.60 Å². The number of quaternary nitrogens is 1. The van der Waals surface area contributed by atoms with Crippen LogP contribution < -0.4 is 26.9 Å². The van der Waals surface area contributed by atoms with Crippen LogP contribution in [0.25, 0.3) is 0 Å². The van der Waals surface area contributed by atoms with Crippen LogP contribution in [-0.2, 0) is 0 Å². The summed E-state index contributed by atoms with van der Waals surface area (Å²) in [6.07, 6.45) is 0. The van der Waals surface area contributed by atoms with E-state index in [2.05, 4.69) is 103 Å². The van der Waals surface area contributed by atoms with E-state index >= 15 is 0 Å². The van der Waals surface area contributed by atoms with Crippen LogP contribution in [0.2, 0.25) is 0 Å². The van der Waals surface area contributed by atoms with Crippen LogP contribution in [0.1, 0.15) is 13.8 Å². The van der Waals surface area contributed by atoms with E-state index in [-0.39, 0.29) is 17.0 Å². The largest absolute Gasteiger partial charge is 1.00 e. The van der Waals surface area contributed by atoms with E-state index < -0.39 is 0 Å². The highest BCUT2D eigenvalue weighted by Crippen LogP contribution is 2.55. The Balaban J connectivity index is 0.00000196. The monoisotopic (exact) mass is 409 g/mol. The van der Waals surface area contributed by atoms with Crippen molar-refractivity contribution in [1.29, 1.82) is 0 Å². The fourth-order valence-corrected chi connectivity index (χ4v) is 4.04. The van der Waals surface area contributed by atoms with Gasteiger partial charge >= 0.3 is 0 Å². The van der Waals surface area contributed by atoms with Crippen LogP contribution in [-0.4, -0.2) is 18.1 Å². The maximum atomic E-state index is 3.63. The van der Waals surface area contributed by atoms with Gasteiger partial charge < -0.3 is 22.3 Å². The third-order valence-corrected chi connectivity index (χ3v) is 5.06. The first kappa shape index (κ1) is 18.6. The Bertz CT molecular complexity index is 830. The maximum absolute atomic E-state index is 3.63. The van der Waals surface area contributed by atoms with Gasteiger partial charge in [0.1, 0.15) is 11.4 Å². The van der Waals surface area contributed by atoms with Gasteiger partial charge in [-0.25, -0.2) is 0 Å². The summed E-state index contributed by atoms with van der Waals surface area (Å²) >= 11 is 0. The first-order valence-corrected chi connectivity index (χ1v) is 8.98. The zero-order valence-corrected chi connectivity index (χ0v) is 16.8. The number of rotatable bonds is 4. The molecule has 1 N–H and O–H groups in total. The van der Waals surface area contributed by atoms with Crippen LogP contribution in [0.3, 0.4) is 0 Å². The summed E-state index contributed by atoms with van der Waals surface area (Å²) in [6.45, 7) is 6.38. The molecule has 0 saturated heterocycles. The summed E-state index contributed by atoms with van der Waals surface area (Å²) < 4.78 is 0.618. The van der Waals surface area contributed by atoms with Gasteiger partial charge in [0.25, 0.3) is 0 Å². The third kappa shape index (κ3) is 2.65. The van der Waals surface area contributed by atoms with E-state index in [1.54, 1.807) is 0 Å². The van der Waals surface area contributed by atoms with Gasteiger partial charge in [-0.05, 0) is 26.0 Å². The highest BCUT2D eigenvalue weighted by Gasteiger charge is 2.47. The van der Waals surface area contributed by atoms with Gasteiger partial charge in [0.05, 0.1) is 0 Å². The van der Waals surface area contributed by atoms with Crippen molar-refractivity contribution >= 4 is 28.4 Å². The molecular weight excluding hydrogens is 386 g/mol. The lowest BCUT2D eigenvalue weighted by Crippen LogP contribution is -3.00. The van der Waals surface area contributed by atoms with Crippen LogP contribution in [0.15, 0.2) is 78.9 Å². The Kier molecular flexibility index (Phi) is 5.47. The quantitative estimate of drug-likeness (QED) is 0.666. The number of benzene rings is 3. The van der Waals surface area contributed by atoms with Crippen molar-refractivity contribution in [2.45, 2.75) is 13.8 Å². The van der Waals surface area contributed by atoms with Crippen LogP contribution >= 0.6 is 0 Å². The number of para-hydroxylation sites is 5. The predicted octanol–water partition coefficient (Wildman–Crippen LogP) is 2.98. The molecule has 3 nitrogen and oxygen atoms in total. The molecule has 1 aliphatic heterocycles. The summed E-state index contributed by atoms with van der Waals surface area (Å²) in [7, 11) is 0. The van der Waals surface area contributed by atoms with E-state index in [1.165, 1.54) is 17.1 Å². The van der Waals surface area contributed by atoms with Gasteiger partial charge in [-0.1, -0.05) is 42.5 Å². The van der Waals surface area contributed by atoms with Crippen molar-refractivity contribution in [3.63, 3.8) is 0 Å². The molecule has 0 aromatic heterocycles. The van der Waals surface area contributed by atoms with Gasteiger partial charge in [-0.3, -0.25) is 0 Å². The van der Waals surface area contributed by atoms with Crippen molar-refractivity contribution in [2.75, 3.05) is 18.4 Å². The lowest BCUT2D eigenvalue weighted by molar-refractivity contribution is -0.00000500. The number of fused-ring (bicyclic) bond motifs is 2. The van der Waals surface area contributed by atoms with Gasteiger partial charge in [0, 0.05) is 37.4 Å². The fourth-order valence-electron chi connectivity index (χ4n) is 4.04. The minimum Gasteiger partial charge on any atom is -1.00 e. The van der Waals surface area contributed by atoms with Crippen molar-refractivity contribution in [1.82, 2.24) is 9.60 Å². The number of halogens is 1. The average Bonchev–Trinajstić information content (AvgIpc) is 2.69. The minimum absolute atomic E-state index is 0. The Morgan fingerprint density at radius 1 is 0.692 bits per heavy atom. The first-order valence-electron chi connectivity index (χ1n) is 8.98. The number of hydrogen-bond donors (Lipinski definition) is 1. The van der Waals surface area contributed by atoms with Crippen molar-refractivity contribution in [2.24, 2.45) is 0 Å². The van der Waals surface area contributed by atoms with Crippen molar-refractivity contribution < 1.29 is 17.0 Å². The summed E-state index contributed by atoms with van der Waals surface area (Å²) in [5, 5.41) is 6.13. The summed E-state index contributed by atoms with van der Waals surface area (Å²) in [6, 6.07) is 28.1. The van der Waals surface area contributed by atoms with Crippen molar-refractivity contribution in [3.05, 3.63) is 78.9 Å². The molecule has 4 rings (SSSR count). The number of hydrogen-bond acceptors (Lipinski definition) is 2. The van der Waals surface area contributed by atoms with Crippen molar-refractivity contribution in [3.8, 4) is 0 Å². The molecule has 26 heavy (non-hydrogen) atoms. The minimum atomic E-state index is 0.